The number of carboxylic acid groups (broad SMARTS) is 1. The van der Waals surface area contributed by atoms with Crippen LogP contribution in [0.1, 0.15) is 41.5 Å². The minimum Gasteiger partial charge on any atom is -0.465 e. The van der Waals surface area contributed by atoms with Crippen LogP contribution in [0.15, 0.2) is 0 Å². The van der Waals surface area contributed by atoms with Crippen molar-refractivity contribution < 1.29 is 28.6 Å². The molecule has 0 radical (unpaired) electrons. The van der Waals surface area contributed by atoms with Gasteiger partial charge in [0, 0.05) is 26.7 Å². The van der Waals surface area contributed by atoms with Crippen LogP contribution in [0.2, 0.25) is 18.1 Å². The molecule has 0 atom stereocenters. The first-order valence-electron chi connectivity index (χ1n) is 9.70. The average Bonchev–Trinajstić information content (AvgIpc) is 2.49. The lowest BCUT2D eigenvalue weighted by molar-refractivity contribution is 0.0271. The zero-order chi connectivity index (χ0) is 22.2. The van der Waals surface area contributed by atoms with Crippen LogP contribution < -0.4 is 0 Å². The highest BCUT2D eigenvalue weighted by Crippen LogP contribution is 2.36. The summed E-state index contributed by atoms with van der Waals surface area (Å²) in [5.41, 5.74) is -0.585. The van der Waals surface area contributed by atoms with Crippen LogP contribution in [0.4, 0.5) is 9.59 Å². The molecule has 1 N–H and O–H groups in total. The number of amides is 2. The second-order valence-electron chi connectivity index (χ2n) is 9.39. The van der Waals surface area contributed by atoms with Gasteiger partial charge in [0.1, 0.15) is 5.60 Å². The summed E-state index contributed by atoms with van der Waals surface area (Å²) in [6, 6.07) is 0. The van der Waals surface area contributed by atoms with Crippen LogP contribution in [0.5, 0.6) is 0 Å². The smallest absolute Gasteiger partial charge is 0.410 e. The first-order chi connectivity index (χ1) is 12.6. The molecule has 0 unspecified atom stereocenters. The second kappa shape index (κ2) is 11.0. The molecule has 0 aromatic heterocycles. The monoisotopic (exact) mass is 420 g/mol. The zero-order valence-electron chi connectivity index (χ0n) is 19.1. The summed E-state index contributed by atoms with van der Waals surface area (Å²) in [5.74, 6) is 0. The molecule has 2 amide bonds. The summed E-state index contributed by atoms with van der Waals surface area (Å²) in [6.07, 6.45) is -1.52. The summed E-state index contributed by atoms with van der Waals surface area (Å²) in [6.45, 7) is 18.1. The quantitative estimate of drug-likeness (QED) is 0.426. The zero-order valence-corrected chi connectivity index (χ0v) is 20.1. The molecule has 0 aromatic rings. The van der Waals surface area contributed by atoms with Gasteiger partial charge < -0.3 is 28.8 Å². The fourth-order valence-electron chi connectivity index (χ4n) is 1.85. The van der Waals surface area contributed by atoms with Crippen LogP contribution in [0, 0.1) is 0 Å². The first kappa shape index (κ1) is 26.7. The van der Waals surface area contributed by atoms with Gasteiger partial charge in [-0.25, -0.2) is 9.59 Å². The van der Waals surface area contributed by atoms with Crippen molar-refractivity contribution in [1.29, 1.82) is 0 Å². The SMILES string of the molecule is CN(CCN(CCOCCO[Si](C)(C)C(C)(C)C)C(=O)O)C(=O)OC(C)(C)C. The molecule has 0 heterocycles. The van der Waals surface area contributed by atoms with Crippen LogP contribution in [-0.2, 0) is 13.9 Å². The third kappa shape index (κ3) is 10.9. The maximum Gasteiger partial charge on any atom is 0.410 e. The van der Waals surface area contributed by atoms with Crippen molar-refractivity contribution in [2.24, 2.45) is 0 Å². The summed E-state index contributed by atoms with van der Waals surface area (Å²) in [7, 11) is -0.206. The normalized spacial score (nSPS) is 12.6. The maximum atomic E-state index is 11.9. The molecule has 166 valence electrons. The van der Waals surface area contributed by atoms with Crippen molar-refractivity contribution in [2.75, 3.05) is 46.5 Å². The van der Waals surface area contributed by atoms with E-state index in [0.717, 1.165) is 0 Å². The van der Waals surface area contributed by atoms with Crippen molar-refractivity contribution in [1.82, 2.24) is 9.80 Å². The summed E-state index contributed by atoms with van der Waals surface area (Å²) in [5, 5.41) is 9.47. The lowest BCUT2D eigenvalue weighted by Crippen LogP contribution is -2.42. The number of carbonyl (C=O) groups is 2. The van der Waals surface area contributed by atoms with Crippen LogP contribution in [-0.4, -0.2) is 87.5 Å². The molecule has 0 aliphatic carbocycles. The number of hydrogen-bond donors (Lipinski definition) is 1. The molecule has 0 fully saturated rings. The van der Waals surface area contributed by atoms with E-state index in [0.29, 0.717) is 13.2 Å². The largest absolute Gasteiger partial charge is 0.465 e. The Hall–Kier alpha value is -1.32. The number of rotatable bonds is 10. The molecule has 0 rings (SSSR count). The molecular formula is C19H40N2O6Si. The van der Waals surface area contributed by atoms with Gasteiger partial charge in [-0.15, -0.1) is 0 Å². The number of carbonyl (C=O) groups excluding carboxylic acids is 1. The summed E-state index contributed by atoms with van der Waals surface area (Å²) < 4.78 is 16.8. The second-order valence-corrected chi connectivity index (χ2v) is 14.2. The lowest BCUT2D eigenvalue weighted by atomic mass is 10.2. The van der Waals surface area contributed by atoms with Crippen molar-refractivity contribution in [3.63, 3.8) is 0 Å². The van der Waals surface area contributed by atoms with E-state index in [4.69, 9.17) is 13.9 Å². The Morgan fingerprint density at radius 1 is 0.929 bits per heavy atom. The predicted octanol–water partition coefficient (Wildman–Crippen LogP) is 3.87. The first-order valence-corrected chi connectivity index (χ1v) is 12.6. The van der Waals surface area contributed by atoms with E-state index in [1.165, 1.54) is 9.80 Å². The predicted molar refractivity (Wildman–Crippen MR) is 112 cm³/mol. The van der Waals surface area contributed by atoms with E-state index in [-0.39, 0.29) is 31.3 Å². The molecular weight excluding hydrogens is 380 g/mol. The molecule has 0 aliphatic heterocycles. The summed E-state index contributed by atoms with van der Waals surface area (Å²) >= 11 is 0. The highest BCUT2D eigenvalue weighted by molar-refractivity contribution is 6.74. The molecule has 0 aromatic carbocycles. The van der Waals surface area contributed by atoms with E-state index >= 15 is 0 Å². The Bertz CT molecular complexity index is 500. The van der Waals surface area contributed by atoms with Gasteiger partial charge in [0.25, 0.3) is 0 Å². The Morgan fingerprint density at radius 3 is 1.96 bits per heavy atom. The van der Waals surface area contributed by atoms with E-state index < -0.39 is 26.1 Å². The Kier molecular flexibility index (Phi) is 10.5. The standard InChI is InChI=1S/C19H40N2O6Si/c1-18(2,3)27-17(24)20(7)10-11-21(16(22)23)12-13-25-14-15-26-28(8,9)19(4,5)6/h10-15H2,1-9H3,(H,22,23). The van der Waals surface area contributed by atoms with E-state index in [2.05, 4.69) is 33.9 Å². The molecule has 28 heavy (non-hydrogen) atoms. The number of likely N-dealkylation sites (N-methyl/N-ethyl adjacent to an activating group) is 1. The minimum absolute atomic E-state index is 0.146. The van der Waals surface area contributed by atoms with E-state index in [1.54, 1.807) is 27.8 Å². The molecule has 0 aliphatic rings. The van der Waals surface area contributed by atoms with Gasteiger partial charge in [-0.1, -0.05) is 20.8 Å². The molecule has 0 saturated carbocycles. The Labute approximate surface area is 171 Å². The lowest BCUT2D eigenvalue weighted by Gasteiger charge is -2.36. The van der Waals surface area contributed by atoms with Crippen LogP contribution in [0.3, 0.4) is 0 Å². The van der Waals surface area contributed by atoms with Gasteiger partial charge in [0.15, 0.2) is 8.32 Å². The highest BCUT2D eigenvalue weighted by atomic mass is 28.4. The molecule has 0 bridgehead atoms. The third-order valence-electron chi connectivity index (χ3n) is 4.68. The summed E-state index contributed by atoms with van der Waals surface area (Å²) in [4.78, 5) is 25.9. The number of hydrogen-bond acceptors (Lipinski definition) is 5. The number of ether oxygens (including phenoxy) is 2. The maximum absolute atomic E-state index is 11.9. The fourth-order valence-corrected chi connectivity index (χ4v) is 2.88. The molecule has 9 heteroatoms. The van der Waals surface area contributed by atoms with Crippen molar-refractivity contribution in [3.05, 3.63) is 0 Å². The highest BCUT2D eigenvalue weighted by Gasteiger charge is 2.36. The van der Waals surface area contributed by atoms with E-state index in [1.807, 2.05) is 0 Å². The van der Waals surface area contributed by atoms with Gasteiger partial charge in [-0.3, -0.25) is 0 Å². The molecule has 0 saturated heterocycles. The van der Waals surface area contributed by atoms with Gasteiger partial charge in [-0.2, -0.15) is 0 Å². The third-order valence-corrected chi connectivity index (χ3v) is 9.22. The Morgan fingerprint density at radius 2 is 1.50 bits per heavy atom. The Balaban J connectivity index is 4.20. The van der Waals surface area contributed by atoms with Gasteiger partial charge >= 0.3 is 12.2 Å². The molecule has 8 nitrogen and oxygen atoms in total. The van der Waals surface area contributed by atoms with Crippen molar-refractivity contribution in [3.8, 4) is 0 Å². The van der Waals surface area contributed by atoms with Crippen molar-refractivity contribution >= 4 is 20.5 Å². The van der Waals surface area contributed by atoms with Gasteiger partial charge in [-0.05, 0) is 38.9 Å². The van der Waals surface area contributed by atoms with Gasteiger partial charge in [0.2, 0.25) is 0 Å². The minimum atomic E-state index is -1.79. The van der Waals surface area contributed by atoms with Crippen molar-refractivity contribution in [2.45, 2.75) is 65.3 Å². The van der Waals surface area contributed by atoms with Gasteiger partial charge in [0.05, 0.1) is 19.8 Å². The molecule has 0 spiro atoms. The number of nitrogens with zero attached hydrogens (tertiary/aromatic N) is 2. The topological polar surface area (TPSA) is 88.5 Å². The van der Waals surface area contributed by atoms with E-state index in [9.17, 15) is 14.7 Å². The van der Waals surface area contributed by atoms with Crippen LogP contribution in [0.25, 0.3) is 0 Å². The van der Waals surface area contributed by atoms with Crippen LogP contribution >= 0.6 is 0 Å². The average molecular weight is 421 g/mol. The fraction of sp³-hybridized carbons (Fsp3) is 0.895.